The molecular weight excluding hydrogens is 412 g/mol. The van der Waals surface area contributed by atoms with E-state index in [1.165, 1.54) is 4.90 Å². The Morgan fingerprint density at radius 2 is 2.00 bits per heavy atom. The lowest BCUT2D eigenvalue weighted by Crippen LogP contribution is -2.52. The summed E-state index contributed by atoms with van der Waals surface area (Å²) in [5.74, 6) is -0.688. The van der Waals surface area contributed by atoms with E-state index in [0.717, 1.165) is 16.5 Å². The molecule has 2 aliphatic heterocycles. The molecule has 32 heavy (non-hydrogen) atoms. The number of carbonyl (C=O) groups excluding carboxylic acids is 4. The fourth-order valence-corrected chi connectivity index (χ4v) is 4.28. The van der Waals surface area contributed by atoms with Crippen LogP contribution in [0.15, 0.2) is 42.5 Å². The van der Waals surface area contributed by atoms with Crippen molar-refractivity contribution in [3.8, 4) is 5.75 Å². The van der Waals surface area contributed by atoms with Crippen LogP contribution in [0.4, 0.5) is 5.69 Å². The van der Waals surface area contributed by atoms with Gasteiger partial charge in [0.1, 0.15) is 17.5 Å². The Morgan fingerprint density at radius 1 is 1.16 bits per heavy atom. The molecular formula is C23H20N4O5. The van der Waals surface area contributed by atoms with E-state index < -0.39 is 11.9 Å². The molecule has 3 heterocycles. The zero-order chi connectivity index (χ0) is 22.4. The molecule has 5 rings (SSSR count). The van der Waals surface area contributed by atoms with Crippen LogP contribution in [0.3, 0.4) is 0 Å². The molecule has 1 aromatic heterocycles. The highest BCUT2D eigenvalue weighted by molar-refractivity contribution is 6.08. The number of fused-ring (bicyclic) bond motifs is 2. The highest BCUT2D eigenvalue weighted by Crippen LogP contribution is 2.30. The van der Waals surface area contributed by atoms with Crippen LogP contribution in [-0.2, 0) is 16.1 Å². The van der Waals surface area contributed by atoms with Gasteiger partial charge in [-0.15, -0.1) is 0 Å². The van der Waals surface area contributed by atoms with Crippen molar-refractivity contribution in [1.82, 2.24) is 15.2 Å². The number of rotatable bonds is 4. The van der Waals surface area contributed by atoms with Crippen molar-refractivity contribution in [1.29, 1.82) is 0 Å². The summed E-state index contributed by atoms with van der Waals surface area (Å²) in [6, 6.07) is 11.6. The number of aromatic amines is 1. The number of ether oxygens (including phenoxy) is 1. The van der Waals surface area contributed by atoms with Crippen LogP contribution in [0.2, 0.25) is 0 Å². The first-order valence-electron chi connectivity index (χ1n) is 10.2. The Hall–Kier alpha value is -4.14. The molecule has 0 radical (unpaired) electrons. The SMILES string of the molecule is COc1cccc2[nH]c(C(=O)Nc3ccc4c(c3)CN(C3CCC(=O)NC3=O)C4=O)cc12. The number of aromatic nitrogens is 1. The van der Waals surface area contributed by atoms with Crippen LogP contribution in [0.1, 0.15) is 39.3 Å². The quantitative estimate of drug-likeness (QED) is 0.546. The number of piperidine rings is 1. The number of imide groups is 1. The Labute approximate surface area is 182 Å². The third-order valence-electron chi connectivity index (χ3n) is 5.87. The molecule has 0 saturated carbocycles. The normalized spacial score (nSPS) is 18.0. The molecule has 1 atom stereocenters. The average molecular weight is 432 g/mol. The second-order valence-corrected chi connectivity index (χ2v) is 7.83. The van der Waals surface area contributed by atoms with Crippen LogP contribution in [0.5, 0.6) is 5.75 Å². The van der Waals surface area contributed by atoms with E-state index in [9.17, 15) is 19.2 Å². The van der Waals surface area contributed by atoms with E-state index in [4.69, 9.17) is 4.74 Å². The molecule has 9 heteroatoms. The largest absolute Gasteiger partial charge is 0.496 e. The van der Waals surface area contributed by atoms with Crippen molar-refractivity contribution in [3.63, 3.8) is 0 Å². The Kier molecular flexibility index (Phi) is 4.66. The minimum atomic E-state index is -0.674. The monoisotopic (exact) mass is 432 g/mol. The summed E-state index contributed by atoms with van der Waals surface area (Å²) in [7, 11) is 1.57. The summed E-state index contributed by atoms with van der Waals surface area (Å²) in [5, 5.41) is 5.94. The third kappa shape index (κ3) is 3.27. The first-order chi connectivity index (χ1) is 15.4. The van der Waals surface area contributed by atoms with Gasteiger partial charge in [0.15, 0.2) is 0 Å². The molecule has 2 aromatic carbocycles. The lowest BCUT2D eigenvalue weighted by Gasteiger charge is -2.29. The lowest BCUT2D eigenvalue weighted by molar-refractivity contribution is -0.136. The van der Waals surface area contributed by atoms with Crippen LogP contribution >= 0.6 is 0 Å². The molecule has 3 N–H and O–H groups in total. The van der Waals surface area contributed by atoms with Gasteiger partial charge in [-0.25, -0.2) is 0 Å². The van der Waals surface area contributed by atoms with Crippen LogP contribution in [-0.4, -0.2) is 46.7 Å². The maximum Gasteiger partial charge on any atom is 0.272 e. The molecule has 162 valence electrons. The van der Waals surface area contributed by atoms with Gasteiger partial charge in [-0.3, -0.25) is 24.5 Å². The van der Waals surface area contributed by atoms with Gasteiger partial charge in [-0.2, -0.15) is 0 Å². The number of nitrogens with zero attached hydrogens (tertiary/aromatic N) is 1. The number of H-pyrrole nitrogens is 1. The summed E-state index contributed by atoms with van der Waals surface area (Å²) in [6.07, 6.45) is 0.505. The maximum absolute atomic E-state index is 12.8. The van der Waals surface area contributed by atoms with Gasteiger partial charge in [0, 0.05) is 35.1 Å². The number of hydrogen-bond acceptors (Lipinski definition) is 5. The van der Waals surface area contributed by atoms with Gasteiger partial charge < -0.3 is 19.9 Å². The predicted molar refractivity (Wildman–Crippen MR) is 115 cm³/mol. The molecule has 4 amide bonds. The summed E-state index contributed by atoms with van der Waals surface area (Å²) >= 11 is 0. The zero-order valence-corrected chi connectivity index (χ0v) is 17.2. The Balaban J connectivity index is 1.35. The second-order valence-electron chi connectivity index (χ2n) is 7.83. The van der Waals surface area contributed by atoms with E-state index in [1.54, 1.807) is 31.4 Å². The van der Waals surface area contributed by atoms with Gasteiger partial charge in [0.25, 0.3) is 11.8 Å². The van der Waals surface area contributed by atoms with E-state index in [2.05, 4.69) is 15.6 Å². The summed E-state index contributed by atoms with van der Waals surface area (Å²) in [6.45, 7) is 0.244. The van der Waals surface area contributed by atoms with E-state index in [0.29, 0.717) is 29.1 Å². The number of benzene rings is 2. The predicted octanol–water partition coefficient (Wildman–Crippen LogP) is 2.19. The Bertz CT molecular complexity index is 1290. The van der Waals surface area contributed by atoms with Gasteiger partial charge in [0.05, 0.1) is 7.11 Å². The fourth-order valence-electron chi connectivity index (χ4n) is 4.28. The molecule has 1 saturated heterocycles. The number of amides is 4. The van der Waals surface area contributed by atoms with Crippen molar-refractivity contribution < 1.29 is 23.9 Å². The minimum Gasteiger partial charge on any atom is -0.496 e. The summed E-state index contributed by atoms with van der Waals surface area (Å²) in [5.41, 5.74) is 2.91. The number of nitrogens with one attached hydrogen (secondary N) is 3. The van der Waals surface area contributed by atoms with Crippen LogP contribution in [0, 0.1) is 0 Å². The molecule has 0 spiro atoms. The van der Waals surface area contributed by atoms with Crippen molar-refractivity contribution in [2.45, 2.75) is 25.4 Å². The molecule has 2 aliphatic rings. The lowest BCUT2D eigenvalue weighted by atomic mass is 10.0. The molecule has 1 unspecified atom stereocenters. The molecule has 1 fully saturated rings. The zero-order valence-electron chi connectivity index (χ0n) is 17.2. The highest BCUT2D eigenvalue weighted by atomic mass is 16.5. The number of hydrogen-bond donors (Lipinski definition) is 3. The first-order valence-corrected chi connectivity index (χ1v) is 10.2. The first kappa shape index (κ1) is 19.8. The summed E-state index contributed by atoms with van der Waals surface area (Å²) in [4.78, 5) is 53.7. The topological polar surface area (TPSA) is 121 Å². The van der Waals surface area contributed by atoms with Crippen molar-refractivity contribution in [3.05, 3.63) is 59.3 Å². The molecule has 0 aliphatic carbocycles. The van der Waals surface area contributed by atoms with Crippen LogP contribution < -0.4 is 15.4 Å². The van der Waals surface area contributed by atoms with Crippen molar-refractivity contribution in [2.75, 3.05) is 12.4 Å². The van der Waals surface area contributed by atoms with Crippen molar-refractivity contribution in [2.24, 2.45) is 0 Å². The standard InChI is InChI=1S/C23H20N4O5/c1-32-19-4-2-3-16-15(19)10-17(25-16)21(29)24-13-5-6-14-12(9-13)11-27(23(14)31)18-7-8-20(28)26-22(18)30/h2-6,9-10,18,25H,7-8,11H2,1H3,(H,24,29)(H,26,28,30). The molecule has 0 bridgehead atoms. The number of anilines is 1. The van der Waals surface area contributed by atoms with E-state index >= 15 is 0 Å². The van der Waals surface area contributed by atoms with Crippen molar-refractivity contribution >= 4 is 40.2 Å². The highest BCUT2D eigenvalue weighted by Gasteiger charge is 2.39. The van der Waals surface area contributed by atoms with Gasteiger partial charge in [0.2, 0.25) is 11.8 Å². The Morgan fingerprint density at radius 3 is 2.78 bits per heavy atom. The van der Waals surface area contributed by atoms with E-state index in [-0.39, 0.29) is 30.7 Å². The van der Waals surface area contributed by atoms with Gasteiger partial charge in [-0.1, -0.05) is 6.07 Å². The minimum absolute atomic E-state index is 0.202. The molecule has 3 aromatic rings. The van der Waals surface area contributed by atoms with Gasteiger partial charge in [-0.05, 0) is 48.4 Å². The maximum atomic E-state index is 12.8. The van der Waals surface area contributed by atoms with Gasteiger partial charge >= 0.3 is 0 Å². The number of methoxy groups -OCH3 is 1. The summed E-state index contributed by atoms with van der Waals surface area (Å²) < 4.78 is 5.34. The smallest absolute Gasteiger partial charge is 0.272 e. The van der Waals surface area contributed by atoms with Crippen LogP contribution in [0.25, 0.3) is 10.9 Å². The second kappa shape index (κ2) is 7.52. The fraction of sp³-hybridized carbons (Fsp3) is 0.217. The third-order valence-corrected chi connectivity index (χ3v) is 5.87. The number of carbonyl (C=O) groups is 4. The van der Waals surface area contributed by atoms with E-state index in [1.807, 2.05) is 18.2 Å². The molecule has 9 nitrogen and oxygen atoms in total. The average Bonchev–Trinajstić information content (AvgIpc) is 3.35.